The highest BCUT2D eigenvalue weighted by molar-refractivity contribution is 5.85. The molecule has 2 unspecified atom stereocenters. The van der Waals surface area contributed by atoms with E-state index in [1.165, 1.54) is 24.8 Å². The molecule has 0 spiro atoms. The lowest BCUT2D eigenvalue weighted by Gasteiger charge is -2.20. The molecule has 1 heterocycles. The number of rotatable bonds is 5. The van der Waals surface area contributed by atoms with Crippen LogP contribution in [0, 0.1) is 5.92 Å². The van der Waals surface area contributed by atoms with Gasteiger partial charge < -0.3 is 10.6 Å². The van der Waals surface area contributed by atoms with Gasteiger partial charge in [0.2, 0.25) is 5.91 Å². The smallest absolute Gasteiger partial charge is 0.222 e. The molecule has 1 amide bonds. The van der Waals surface area contributed by atoms with Crippen LogP contribution in [-0.2, 0) is 4.79 Å². The molecule has 20 heavy (non-hydrogen) atoms. The van der Waals surface area contributed by atoms with Crippen LogP contribution in [0.1, 0.15) is 43.7 Å². The van der Waals surface area contributed by atoms with E-state index in [9.17, 15) is 4.79 Å². The minimum Gasteiger partial charge on any atom is -0.349 e. The van der Waals surface area contributed by atoms with Crippen molar-refractivity contribution in [1.29, 1.82) is 0 Å². The lowest BCUT2D eigenvalue weighted by Crippen LogP contribution is -2.35. The van der Waals surface area contributed by atoms with Crippen molar-refractivity contribution in [3.63, 3.8) is 0 Å². The molecule has 1 aromatic rings. The van der Waals surface area contributed by atoms with Crippen LogP contribution in [0.5, 0.6) is 0 Å². The van der Waals surface area contributed by atoms with Gasteiger partial charge in [0.25, 0.3) is 0 Å². The largest absolute Gasteiger partial charge is 0.349 e. The Bertz CT molecular complexity index is 427. The average molecular weight is 295 g/mol. The molecule has 3 nitrogen and oxygen atoms in total. The van der Waals surface area contributed by atoms with Gasteiger partial charge in [0, 0.05) is 12.5 Å². The minimum atomic E-state index is 0. The first-order valence-corrected chi connectivity index (χ1v) is 7.40. The average Bonchev–Trinajstić information content (AvgIpc) is 3.15. The summed E-state index contributed by atoms with van der Waals surface area (Å²) in [6.45, 7) is 1.06. The molecule has 110 valence electrons. The van der Waals surface area contributed by atoms with Crippen LogP contribution in [-0.4, -0.2) is 18.5 Å². The van der Waals surface area contributed by atoms with E-state index in [-0.39, 0.29) is 24.4 Å². The zero-order chi connectivity index (χ0) is 13.1. The van der Waals surface area contributed by atoms with Crippen molar-refractivity contribution in [2.45, 2.75) is 44.2 Å². The molecule has 1 aromatic carbocycles. The fraction of sp³-hybridized carbons (Fsp3) is 0.562. The summed E-state index contributed by atoms with van der Waals surface area (Å²) in [5, 5.41) is 6.63. The van der Waals surface area contributed by atoms with E-state index in [0.29, 0.717) is 18.4 Å². The van der Waals surface area contributed by atoms with Crippen LogP contribution in [0.3, 0.4) is 0 Å². The van der Waals surface area contributed by atoms with Gasteiger partial charge in [0.15, 0.2) is 0 Å². The fourth-order valence-corrected chi connectivity index (χ4v) is 2.95. The van der Waals surface area contributed by atoms with Gasteiger partial charge in [0.05, 0.1) is 6.04 Å². The van der Waals surface area contributed by atoms with Gasteiger partial charge in [-0.05, 0) is 43.7 Å². The maximum atomic E-state index is 12.2. The second-order valence-corrected chi connectivity index (χ2v) is 5.79. The second kappa shape index (κ2) is 7.09. The Morgan fingerprint density at radius 3 is 2.60 bits per heavy atom. The molecule has 3 rings (SSSR count). The van der Waals surface area contributed by atoms with Crippen LogP contribution in [0.15, 0.2) is 30.3 Å². The van der Waals surface area contributed by atoms with E-state index < -0.39 is 0 Å². The van der Waals surface area contributed by atoms with Crippen molar-refractivity contribution in [1.82, 2.24) is 10.6 Å². The van der Waals surface area contributed by atoms with Crippen molar-refractivity contribution in [2.75, 3.05) is 6.54 Å². The molecular weight excluding hydrogens is 272 g/mol. The topological polar surface area (TPSA) is 41.1 Å². The van der Waals surface area contributed by atoms with Gasteiger partial charge in [-0.2, -0.15) is 0 Å². The maximum Gasteiger partial charge on any atom is 0.222 e. The minimum absolute atomic E-state index is 0. The first kappa shape index (κ1) is 15.3. The quantitative estimate of drug-likeness (QED) is 0.877. The Hall–Kier alpha value is -1.06. The summed E-state index contributed by atoms with van der Waals surface area (Å²) in [5.41, 5.74) is 1.25. The number of carbonyl (C=O) groups excluding carboxylic acids is 1. The number of hydrogen-bond acceptors (Lipinski definition) is 2. The van der Waals surface area contributed by atoms with Crippen molar-refractivity contribution in [3.05, 3.63) is 35.9 Å². The molecule has 0 aromatic heterocycles. The highest BCUT2D eigenvalue weighted by atomic mass is 35.5. The third-order valence-corrected chi connectivity index (χ3v) is 4.16. The number of amides is 1. The zero-order valence-electron chi connectivity index (χ0n) is 11.7. The van der Waals surface area contributed by atoms with E-state index in [1.807, 2.05) is 6.07 Å². The summed E-state index contributed by atoms with van der Waals surface area (Å²) in [6.07, 6.45) is 5.43. The Kier molecular flexibility index (Phi) is 5.44. The molecule has 2 N–H and O–H groups in total. The van der Waals surface area contributed by atoms with Crippen LogP contribution in [0.4, 0.5) is 0 Å². The van der Waals surface area contributed by atoms with Gasteiger partial charge in [-0.15, -0.1) is 12.4 Å². The lowest BCUT2D eigenvalue weighted by molar-refractivity contribution is -0.122. The number of hydrogen-bond donors (Lipinski definition) is 2. The summed E-state index contributed by atoms with van der Waals surface area (Å²) < 4.78 is 0. The number of halogens is 1. The van der Waals surface area contributed by atoms with E-state index in [2.05, 4.69) is 34.9 Å². The summed E-state index contributed by atoms with van der Waals surface area (Å²) in [5.74, 6) is 0.836. The van der Waals surface area contributed by atoms with E-state index in [4.69, 9.17) is 0 Å². The molecule has 1 aliphatic carbocycles. The normalized spacial score (nSPS) is 22.9. The van der Waals surface area contributed by atoms with Crippen LogP contribution >= 0.6 is 12.4 Å². The Morgan fingerprint density at radius 1 is 1.25 bits per heavy atom. The van der Waals surface area contributed by atoms with E-state index in [0.717, 1.165) is 13.0 Å². The maximum absolute atomic E-state index is 12.2. The summed E-state index contributed by atoms with van der Waals surface area (Å²) in [7, 11) is 0. The zero-order valence-corrected chi connectivity index (χ0v) is 12.5. The Labute approximate surface area is 126 Å². The summed E-state index contributed by atoms with van der Waals surface area (Å²) in [6, 6.07) is 11.0. The van der Waals surface area contributed by atoms with Gasteiger partial charge in [-0.1, -0.05) is 30.3 Å². The SMILES string of the molecule is Cl.O=C(CC1CCCN1)NC(c1ccccc1)C1CC1. The van der Waals surface area contributed by atoms with Gasteiger partial charge in [0.1, 0.15) is 0 Å². The van der Waals surface area contributed by atoms with Crippen molar-refractivity contribution in [3.8, 4) is 0 Å². The van der Waals surface area contributed by atoms with Gasteiger partial charge >= 0.3 is 0 Å². The summed E-state index contributed by atoms with van der Waals surface area (Å²) in [4.78, 5) is 12.2. The van der Waals surface area contributed by atoms with E-state index >= 15 is 0 Å². The van der Waals surface area contributed by atoms with Crippen LogP contribution in [0.2, 0.25) is 0 Å². The predicted molar refractivity (Wildman–Crippen MR) is 82.9 cm³/mol. The number of benzene rings is 1. The van der Waals surface area contributed by atoms with E-state index in [1.54, 1.807) is 0 Å². The molecular formula is C16H23ClN2O. The first-order valence-electron chi connectivity index (χ1n) is 7.40. The number of nitrogens with one attached hydrogen (secondary N) is 2. The molecule has 1 aliphatic heterocycles. The van der Waals surface area contributed by atoms with Crippen LogP contribution < -0.4 is 10.6 Å². The Morgan fingerprint density at radius 2 is 2.00 bits per heavy atom. The molecule has 4 heteroatoms. The molecule has 2 aliphatic rings. The highest BCUT2D eigenvalue weighted by Gasteiger charge is 2.33. The molecule has 1 saturated carbocycles. The van der Waals surface area contributed by atoms with Crippen LogP contribution in [0.25, 0.3) is 0 Å². The molecule has 2 fully saturated rings. The van der Waals surface area contributed by atoms with Gasteiger partial charge in [-0.3, -0.25) is 4.79 Å². The highest BCUT2D eigenvalue weighted by Crippen LogP contribution is 2.40. The molecule has 0 radical (unpaired) electrons. The number of carbonyl (C=O) groups is 1. The van der Waals surface area contributed by atoms with Crippen molar-refractivity contribution < 1.29 is 4.79 Å². The standard InChI is InChI=1S/C16H22N2O.ClH/c19-15(11-14-7-4-10-17-14)18-16(13-8-9-13)12-5-2-1-3-6-12;/h1-3,5-6,13-14,16-17H,4,7-11H2,(H,18,19);1H. The lowest BCUT2D eigenvalue weighted by atomic mass is 10.0. The predicted octanol–water partition coefficient (Wildman–Crippen LogP) is 2.82. The third kappa shape index (κ3) is 3.97. The van der Waals surface area contributed by atoms with Gasteiger partial charge in [-0.25, -0.2) is 0 Å². The van der Waals surface area contributed by atoms with Crippen molar-refractivity contribution >= 4 is 18.3 Å². The third-order valence-electron chi connectivity index (χ3n) is 4.16. The Balaban J connectivity index is 0.00000147. The first-order chi connectivity index (χ1) is 9.33. The second-order valence-electron chi connectivity index (χ2n) is 5.79. The molecule has 2 atom stereocenters. The van der Waals surface area contributed by atoms with Crippen molar-refractivity contribution in [2.24, 2.45) is 5.92 Å². The molecule has 0 bridgehead atoms. The molecule has 1 saturated heterocycles. The monoisotopic (exact) mass is 294 g/mol. The summed E-state index contributed by atoms with van der Waals surface area (Å²) >= 11 is 0. The fourth-order valence-electron chi connectivity index (χ4n) is 2.95.